The maximum absolute atomic E-state index is 12.2. The number of rotatable bonds is 5. The molecule has 2 aliphatic rings. The highest BCUT2D eigenvalue weighted by atomic mass is 79.9. The van der Waals surface area contributed by atoms with Crippen molar-refractivity contribution in [3.8, 4) is 0 Å². The number of ether oxygens (including phenoxy) is 1. The minimum Gasteiger partial charge on any atom is -0.378 e. The molecule has 2 fully saturated rings. The Morgan fingerprint density at radius 1 is 1.42 bits per heavy atom. The first-order chi connectivity index (χ1) is 9.13. The largest absolute Gasteiger partial charge is 0.378 e. The van der Waals surface area contributed by atoms with Crippen molar-refractivity contribution in [2.24, 2.45) is 5.92 Å². The van der Waals surface area contributed by atoms with Gasteiger partial charge in [0.15, 0.2) is 0 Å². The lowest BCUT2D eigenvalue weighted by atomic mass is 9.77. The Balaban J connectivity index is 1.78. The van der Waals surface area contributed by atoms with Crippen LogP contribution in [0, 0.1) is 5.92 Å². The van der Waals surface area contributed by atoms with Gasteiger partial charge in [-0.2, -0.15) is 0 Å². The number of halogens is 1. The van der Waals surface area contributed by atoms with Crippen molar-refractivity contribution in [3.05, 3.63) is 0 Å². The highest BCUT2D eigenvalue weighted by molar-refractivity contribution is 9.09. The molecule has 0 aromatic heterocycles. The summed E-state index contributed by atoms with van der Waals surface area (Å²) in [4.78, 5) is 12.2. The zero-order chi connectivity index (χ0) is 13.7. The Bertz CT molecular complexity index is 305. The lowest BCUT2D eigenvalue weighted by molar-refractivity contribution is -0.123. The Morgan fingerprint density at radius 3 is 2.89 bits per heavy atom. The number of carbonyl (C=O) groups is 1. The van der Waals surface area contributed by atoms with E-state index in [0.717, 1.165) is 44.0 Å². The van der Waals surface area contributed by atoms with Crippen molar-refractivity contribution in [1.29, 1.82) is 0 Å². The Morgan fingerprint density at radius 2 is 2.26 bits per heavy atom. The Kier molecular flexibility index (Phi) is 5.70. The van der Waals surface area contributed by atoms with Crippen LogP contribution in [0.2, 0.25) is 0 Å². The molecule has 0 radical (unpaired) electrons. The van der Waals surface area contributed by atoms with Gasteiger partial charge < -0.3 is 10.1 Å². The number of hydrogen-bond acceptors (Lipinski definition) is 2. The third kappa shape index (κ3) is 4.45. The monoisotopic (exact) mass is 331 g/mol. The fourth-order valence-electron chi connectivity index (χ4n) is 3.45. The maximum Gasteiger partial charge on any atom is 0.220 e. The molecule has 3 atom stereocenters. The highest BCUT2D eigenvalue weighted by Gasteiger charge is 2.35. The molecule has 0 spiro atoms. The molecule has 1 aliphatic heterocycles. The van der Waals surface area contributed by atoms with E-state index >= 15 is 0 Å². The van der Waals surface area contributed by atoms with Crippen LogP contribution in [0.1, 0.15) is 58.3 Å². The van der Waals surface area contributed by atoms with Gasteiger partial charge in [0, 0.05) is 23.9 Å². The second-order valence-electron chi connectivity index (χ2n) is 6.34. The molecule has 0 aromatic carbocycles. The van der Waals surface area contributed by atoms with Crippen molar-refractivity contribution in [2.45, 2.75) is 69.9 Å². The standard InChI is InChI=1S/C15H26BrNO2/c1-12-4-2-8-15(10-12,11-16)17-14(18)7-6-13-5-3-9-19-13/h12-13H,2-11H2,1H3,(H,17,18). The summed E-state index contributed by atoms with van der Waals surface area (Å²) in [5.74, 6) is 0.911. The van der Waals surface area contributed by atoms with E-state index in [1.807, 2.05) is 0 Å². The second-order valence-corrected chi connectivity index (χ2v) is 6.90. The smallest absolute Gasteiger partial charge is 0.220 e. The zero-order valence-electron chi connectivity index (χ0n) is 11.9. The number of carbonyl (C=O) groups excluding carboxylic acids is 1. The number of nitrogens with one attached hydrogen (secondary N) is 1. The van der Waals surface area contributed by atoms with Crippen molar-refractivity contribution in [1.82, 2.24) is 5.32 Å². The third-order valence-electron chi connectivity index (χ3n) is 4.47. The van der Waals surface area contributed by atoms with E-state index < -0.39 is 0 Å². The van der Waals surface area contributed by atoms with Crippen LogP contribution >= 0.6 is 15.9 Å². The first-order valence-corrected chi connectivity index (χ1v) is 8.74. The van der Waals surface area contributed by atoms with Gasteiger partial charge >= 0.3 is 0 Å². The van der Waals surface area contributed by atoms with Crippen LogP contribution in [0.3, 0.4) is 0 Å². The minimum atomic E-state index is -0.00865. The molecule has 1 N–H and O–H groups in total. The molecule has 19 heavy (non-hydrogen) atoms. The van der Waals surface area contributed by atoms with Gasteiger partial charge in [-0.1, -0.05) is 35.7 Å². The molecule has 2 rings (SSSR count). The van der Waals surface area contributed by atoms with Crippen LogP contribution in [0.25, 0.3) is 0 Å². The van der Waals surface area contributed by atoms with Gasteiger partial charge in [-0.3, -0.25) is 4.79 Å². The topological polar surface area (TPSA) is 38.3 Å². The molecular formula is C15H26BrNO2. The Hall–Kier alpha value is -0.0900. The fraction of sp³-hybridized carbons (Fsp3) is 0.933. The maximum atomic E-state index is 12.2. The van der Waals surface area contributed by atoms with E-state index in [4.69, 9.17) is 4.74 Å². The highest BCUT2D eigenvalue weighted by Crippen LogP contribution is 2.33. The van der Waals surface area contributed by atoms with Crippen molar-refractivity contribution in [2.75, 3.05) is 11.9 Å². The summed E-state index contributed by atoms with van der Waals surface area (Å²) < 4.78 is 5.57. The molecule has 3 unspecified atom stereocenters. The molecule has 3 nitrogen and oxygen atoms in total. The summed E-state index contributed by atoms with van der Waals surface area (Å²) in [6, 6.07) is 0. The molecule has 1 amide bonds. The van der Waals surface area contributed by atoms with Crippen LogP contribution in [-0.2, 0) is 9.53 Å². The van der Waals surface area contributed by atoms with Gasteiger partial charge in [-0.05, 0) is 38.0 Å². The lowest BCUT2D eigenvalue weighted by Crippen LogP contribution is -2.52. The summed E-state index contributed by atoms with van der Waals surface area (Å²) in [5, 5.41) is 4.17. The summed E-state index contributed by atoms with van der Waals surface area (Å²) >= 11 is 3.60. The number of hydrogen-bond donors (Lipinski definition) is 1. The van der Waals surface area contributed by atoms with Gasteiger partial charge in [0.25, 0.3) is 0 Å². The fourth-order valence-corrected chi connectivity index (χ4v) is 4.10. The molecule has 1 saturated carbocycles. The third-order valence-corrected chi connectivity index (χ3v) is 5.54. The first kappa shape index (κ1) is 15.3. The first-order valence-electron chi connectivity index (χ1n) is 7.62. The zero-order valence-corrected chi connectivity index (χ0v) is 13.5. The molecule has 110 valence electrons. The van der Waals surface area contributed by atoms with E-state index in [-0.39, 0.29) is 11.4 Å². The molecule has 1 saturated heterocycles. The van der Waals surface area contributed by atoms with E-state index in [1.54, 1.807) is 0 Å². The van der Waals surface area contributed by atoms with E-state index in [9.17, 15) is 4.79 Å². The second kappa shape index (κ2) is 7.07. The van der Waals surface area contributed by atoms with Crippen LogP contribution < -0.4 is 5.32 Å². The molecule has 4 heteroatoms. The van der Waals surface area contributed by atoms with E-state index in [1.165, 1.54) is 12.8 Å². The van der Waals surface area contributed by atoms with Crippen molar-refractivity contribution in [3.63, 3.8) is 0 Å². The molecule has 1 aliphatic carbocycles. The van der Waals surface area contributed by atoms with Crippen LogP contribution in [-0.4, -0.2) is 29.5 Å². The molecule has 0 bridgehead atoms. The summed E-state index contributed by atoms with van der Waals surface area (Å²) in [6.07, 6.45) is 8.78. The summed E-state index contributed by atoms with van der Waals surface area (Å²) in [5.41, 5.74) is -0.00865. The normalized spacial score (nSPS) is 35.3. The van der Waals surface area contributed by atoms with E-state index in [0.29, 0.717) is 18.4 Å². The van der Waals surface area contributed by atoms with Gasteiger partial charge in [0.2, 0.25) is 5.91 Å². The number of amides is 1. The van der Waals surface area contributed by atoms with Gasteiger partial charge in [-0.25, -0.2) is 0 Å². The SMILES string of the molecule is CC1CCCC(CBr)(NC(=O)CCC2CCCO2)C1. The van der Waals surface area contributed by atoms with Crippen LogP contribution in [0.5, 0.6) is 0 Å². The predicted molar refractivity (Wildman–Crippen MR) is 80.5 cm³/mol. The van der Waals surface area contributed by atoms with E-state index in [2.05, 4.69) is 28.2 Å². The van der Waals surface area contributed by atoms with Gasteiger partial charge in [-0.15, -0.1) is 0 Å². The van der Waals surface area contributed by atoms with Gasteiger partial charge in [0.05, 0.1) is 6.10 Å². The summed E-state index contributed by atoms with van der Waals surface area (Å²) in [6.45, 7) is 3.16. The molecular weight excluding hydrogens is 306 g/mol. The van der Waals surface area contributed by atoms with Crippen molar-refractivity contribution < 1.29 is 9.53 Å². The number of alkyl halides is 1. The van der Waals surface area contributed by atoms with Gasteiger partial charge in [0.1, 0.15) is 0 Å². The van der Waals surface area contributed by atoms with Crippen molar-refractivity contribution >= 4 is 21.8 Å². The molecule has 0 aromatic rings. The summed E-state index contributed by atoms with van der Waals surface area (Å²) in [7, 11) is 0. The minimum absolute atomic E-state index is 0.00865. The molecule has 1 heterocycles. The lowest BCUT2D eigenvalue weighted by Gasteiger charge is -2.39. The quantitative estimate of drug-likeness (QED) is 0.784. The average molecular weight is 332 g/mol. The average Bonchev–Trinajstić information content (AvgIpc) is 2.89. The van der Waals surface area contributed by atoms with Crippen LogP contribution in [0.4, 0.5) is 0 Å². The van der Waals surface area contributed by atoms with Crippen LogP contribution in [0.15, 0.2) is 0 Å². The Labute approximate surface area is 125 Å². The predicted octanol–water partition coefficient (Wildman–Crippen LogP) is 3.41.